The monoisotopic (exact) mass is 392 g/mol. The fourth-order valence-corrected chi connectivity index (χ4v) is 3.59. The molecule has 2 aliphatic rings. The minimum absolute atomic E-state index is 0.207. The number of nitrogens with zero attached hydrogens (tertiary/aromatic N) is 2. The number of carbonyl (C=O) groups excluding carboxylic acids is 1. The summed E-state index contributed by atoms with van der Waals surface area (Å²) in [6, 6.07) is 3.35. The van der Waals surface area contributed by atoms with Gasteiger partial charge in [0, 0.05) is 39.8 Å². The molecule has 1 aromatic heterocycles. The van der Waals surface area contributed by atoms with Crippen LogP contribution < -0.4 is 10.6 Å². The second kappa shape index (κ2) is 11.1. The molecule has 0 saturated carbocycles. The number of rotatable bonds is 7. The molecule has 1 amide bonds. The number of ether oxygens (including phenoxy) is 2. The first-order chi connectivity index (χ1) is 13.8. The number of guanidine groups is 1. The highest BCUT2D eigenvalue weighted by molar-refractivity contribution is 5.91. The zero-order valence-corrected chi connectivity index (χ0v) is 16.7. The summed E-state index contributed by atoms with van der Waals surface area (Å²) in [5, 5.41) is 6.13. The molecule has 1 aromatic rings. The van der Waals surface area contributed by atoms with Crippen LogP contribution in [0, 0.1) is 0 Å². The molecular formula is C20H32N4O4. The molecule has 0 radical (unpaired) electrons. The van der Waals surface area contributed by atoms with Crippen LogP contribution in [0.1, 0.15) is 42.7 Å². The van der Waals surface area contributed by atoms with Crippen LogP contribution in [0.4, 0.5) is 0 Å². The van der Waals surface area contributed by atoms with Crippen LogP contribution in [-0.2, 0) is 9.47 Å². The summed E-state index contributed by atoms with van der Waals surface area (Å²) in [6.45, 7) is 4.51. The van der Waals surface area contributed by atoms with E-state index >= 15 is 0 Å². The number of amides is 1. The van der Waals surface area contributed by atoms with Gasteiger partial charge in [-0.15, -0.1) is 0 Å². The van der Waals surface area contributed by atoms with Crippen LogP contribution in [0.25, 0.3) is 0 Å². The van der Waals surface area contributed by atoms with E-state index in [0.29, 0.717) is 31.6 Å². The molecule has 1 unspecified atom stereocenters. The van der Waals surface area contributed by atoms with Gasteiger partial charge in [-0.3, -0.25) is 9.79 Å². The summed E-state index contributed by atoms with van der Waals surface area (Å²) in [5.74, 6) is 0.980. The maximum atomic E-state index is 11.8. The van der Waals surface area contributed by atoms with Crippen LogP contribution in [0.3, 0.4) is 0 Å². The summed E-state index contributed by atoms with van der Waals surface area (Å²) < 4.78 is 16.9. The molecule has 28 heavy (non-hydrogen) atoms. The van der Waals surface area contributed by atoms with Gasteiger partial charge in [0.25, 0.3) is 5.91 Å². The molecular weight excluding hydrogens is 360 g/mol. The largest absolute Gasteiger partial charge is 0.459 e. The van der Waals surface area contributed by atoms with Gasteiger partial charge in [0.05, 0.1) is 25.1 Å². The Kier molecular flexibility index (Phi) is 8.17. The van der Waals surface area contributed by atoms with E-state index in [0.717, 1.165) is 44.9 Å². The van der Waals surface area contributed by atoms with E-state index in [1.807, 2.05) is 0 Å². The Hall–Kier alpha value is -2.06. The van der Waals surface area contributed by atoms with E-state index in [-0.39, 0.29) is 12.0 Å². The third kappa shape index (κ3) is 6.24. The van der Waals surface area contributed by atoms with Crippen molar-refractivity contribution in [2.24, 2.45) is 4.99 Å². The summed E-state index contributed by atoms with van der Waals surface area (Å²) >= 11 is 0. The fourth-order valence-electron chi connectivity index (χ4n) is 3.59. The minimum atomic E-state index is -0.207. The molecule has 8 nitrogen and oxygen atoms in total. The third-order valence-corrected chi connectivity index (χ3v) is 5.18. The SMILES string of the molecule is CN=C(NCCNC(=O)c1ccco1)N1CCC(OCC2CCCCO2)CC1. The lowest BCUT2D eigenvalue weighted by atomic mass is 10.1. The van der Waals surface area contributed by atoms with Crippen LogP contribution in [-0.4, -0.2) is 75.4 Å². The second-order valence-electron chi connectivity index (χ2n) is 7.22. The van der Waals surface area contributed by atoms with E-state index in [9.17, 15) is 4.79 Å². The predicted octanol–water partition coefficient (Wildman–Crippen LogP) is 1.63. The van der Waals surface area contributed by atoms with Gasteiger partial charge in [-0.2, -0.15) is 0 Å². The van der Waals surface area contributed by atoms with Crippen LogP contribution in [0.5, 0.6) is 0 Å². The molecule has 2 saturated heterocycles. The smallest absolute Gasteiger partial charge is 0.287 e. The highest BCUT2D eigenvalue weighted by Crippen LogP contribution is 2.17. The van der Waals surface area contributed by atoms with Crippen LogP contribution in [0.15, 0.2) is 27.8 Å². The molecule has 0 bridgehead atoms. The van der Waals surface area contributed by atoms with E-state index in [2.05, 4.69) is 20.5 Å². The zero-order valence-electron chi connectivity index (χ0n) is 16.7. The Morgan fingerprint density at radius 1 is 1.25 bits per heavy atom. The van der Waals surface area contributed by atoms with E-state index in [1.54, 1.807) is 19.2 Å². The molecule has 2 aliphatic heterocycles. The quantitative estimate of drug-likeness (QED) is 0.417. The van der Waals surface area contributed by atoms with Crippen molar-refractivity contribution in [3.8, 4) is 0 Å². The predicted molar refractivity (Wildman–Crippen MR) is 107 cm³/mol. The van der Waals surface area contributed by atoms with E-state index < -0.39 is 0 Å². The number of likely N-dealkylation sites (tertiary alicyclic amines) is 1. The first-order valence-electron chi connectivity index (χ1n) is 10.3. The average molecular weight is 393 g/mol. The highest BCUT2D eigenvalue weighted by atomic mass is 16.5. The Labute approximate surface area is 166 Å². The maximum absolute atomic E-state index is 11.8. The van der Waals surface area contributed by atoms with Gasteiger partial charge in [0.1, 0.15) is 0 Å². The van der Waals surface area contributed by atoms with Crippen molar-refractivity contribution in [2.45, 2.75) is 44.3 Å². The Morgan fingerprint density at radius 3 is 2.75 bits per heavy atom. The first kappa shape index (κ1) is 20.7. The van der Waals surface area contributed by atoms with Gasteiger partial charge >= 0.3 is 0 Å². The van der Waals surface area contributed by atoms with Gasteiger partial charge in [0.15, 0.2) is 11.7 Å². The molecule has 0 aliphatic carbocycles. The lowest BCUT2D eigenvalue weighted by Crippen LogP contribution is -2.48. The van der Waals surface area contributed by atoms with Crippen molar-refractivity contribution in [1.82, 2.24) is 15.5 Å². The Bertz CT molecular complexity index is 606. The van der Waals surface area contributed by atoms with Gasteiger partial charge in [-0.25, -0.2) is 0 Å². The number of nitrogens with one attached hydrogen (secondary N) is 2. The standard InChI is InChI=1S/C20H32N4O4/c1-21-20(23-10-9-22-19(25)18-6-4-14-27-18)24-11-7-16(8-12-24)28-15-17-5-2-3-13-26-17/h4,6,14,16-17H,2-3,5,7-13,15H2,1H3,(H,21,23)(H,22,25). The molecule has 0 aromatic carbocycles. The summed E-state index contributed by atoms with van der Waals surface area (Å²) in [4.78, 5) is 18.4. The number of piperidine rings is 1. The second-order valence-corrected chi connectivity index (χ2v) is 7.22. The topological polar surface area (TPSA) is 88.3 Å². The van der Waals surface area contributed by atoms with Crippen molar-refractivity contribution >= 4 is 11.9 Å². The molecule has 1 atom stereocenters. The first-order valence-corrected chi connectivity index (χ1v) is 10.3. The molecule has 0 spiro atoms. The van der Waals surface area contributed by atoms with E-state index in [1.165, 1.54) is 19.1 Å². The summed E-state index contributed by atoms with van der Waals surface area (Å²) in [7, 11) is 1.78. The van der Waals surface area contributed by atoms with Crippen molar-refractivity contribution in [2.75, 3.05) is 46.4 Å². The molecule has 3 rings (SSSR count). The maximum Gasteiger partial charge on any atom is 0.287 e. The van der Waals surface area contributed by atoms with Gasteiger partial charge in [0.2, 0.25) is 0 Å². The Balaban J connectivity index is 1.30. The summed E-state index contributed by atoms with van der Waals surface area (Å²) in [5.41, 5.74) is 0. The minimum Gasteiger partial charge on any atom is -0.459 e. The zero-order chi connectivity index (χ0) is 19.6. The number of carbonyl (C=O) groups is 1. The molecule has 2 N–H and O–H groups in total. The van der Waals surface area contributed by atoms with Crippen LogP contribution >= 0.6 is 0 Å². The van der Waals surface area contributed by atoms with Gasteiger partial charge < -0.3 is 29.4 Å². The number of furan rings is 1. The van der Waals surface area contributed by atoms with Crippen LogP contribution in [0.2, 0.25) is 0 Å². The lowest BCUT2D eigenvalue weighted by molar-refractivity contribution is -0.0721. The normalized spacial score (nSPS) is 21.5. The molecule has 3 heterocycles. The molecule has 156 valence electrons. The highest BCUT2D eigenvalue weighted by Gasteiger charge is 2.23. The van der Waals surface area contributed by atoms with Crippen molar-refractivity contribution in [1.29, 1.82) is 0 Å². The van der Waals surface area contributed by atoms with Crippen molar-refractivity contribution in [3.63, 3.8) is 0 Å². The molecule has 2 fully saturated rings. The molecule has 8 heteroatoms. The van der Waals surface area contributed by atoms with Gasteiger partial charge in [-0.1, -0.05) is 0 Å². The van der Waals surface area contributed by atoms with Crippen molar-refractivity contribution < 1.29 is 18.7 Å². The van der Waals surface area contributed by atoms with E-state index in [4.69, 9.17) is 13.9 Å². The number of hydrogen-bond donors (Lipinski definition) is 2. The number of hydrogen-bond acceptors (Lipinski definition) is 5. The third-order valence-electron chi connectivity index (χ3n) is 5.18. The lowest BCUT2D eigenvalue weighted by Gasteiger charge is -2.35. The van der Waals surface area contributed by atoms with Gasteiger partial charge in [-0.05, 0) is 44.2 Å². The number of aliphatic imine (C=N–C) groups is 1. The fraction of sp³-hybridized carbons (Fsp3) is 0.700. The van der Waals surface area contributed by atoms with Crippen molar-refractivity contribution in [3.05, 3.63) is 24.2 Å². The average Bonchev–Trinajstić information content (AvgIpc) is 3.29. The Morgan fingerprint density at radius 2 is 2.07 bits per heavy atom. The summed E-state index contributed by atoms with van der Waals surface area (Å²) in [6.07, 6.45) is 7.58.